The van der Waals surface area contributed by atoms with Gasteiger partial charge in [-0.2, -0.15) is 4.98 Å². The van der Waals surface area contributed by atoms with Gasteiger partial charge in [0.1, 0.15) is 6.20 Å². The molecule has 0 radical (unpaired) electrons. The molecule has 1 saturated carbocycles. The lowest BCUT2D eigenvalue weighted by Crippen LogP contribution is -2.29. The highest BCUT2D eigenvalue weighted by Gasteiger charge is 2.21. The van der Waals surface area contributed by atoms with Crippen LogP contribution in [-0.4, -0.2) is 27.5 Å². The van der Waals surface area contributed by atoms with E-state index in [4.69, 9.17) is 5.73 Å². The first-order valence-electron chi connectivity index (χ1n) is 9.31. The number of benzene rings is 1. The van der Waals surface area contributed by atoms with Gasteiger partial charge in [0, 0.05) is 19.1 Å². The molecule has 1 aliphatic rings. The van der Waals surface area contributed by atoms with E-state index in [2.05, 4.69) is 26.7 Å². The molecule has 0 aliphatic heterocycles. The van der Waals surface area contributed by atoms with Crippen LogP contribution in [0.1, 0.15) is 36.8 Å². The molecule has 2 aromatic rings. The second kappa shape index (κ2) is 8.77. The molecule has 4 N–H and O–H groups in total. The minimum Gasteiger partial charge on any atom is -0.364 e. The fourth-order valence-corrected chi connectivity index (χ4v) is 3.36. The Morgan fingerprint density at radius 3 is 2.74 bits per heavy atom. The molecule has 1 fully saturated rings. The van der Waals surface area contributed by atoms with Crippen LogP contribution < -0.4 is 16.4 Å². The standard InChI is InChI=1S/C19H26N6O2/c1-13-3-2-4-15(9-13)11-22-19-23-12-17(25(26)27)18(24-19)21-10-14-5-7-16(20)8-6-14/h2-4,9,12,14,16H,5-8,10-11,20H2,1H3,(H2,21,22,23,24)/t14-,16-. The van der Waals surface area contributed by atoms with Gasteiger partial charge in [-0.25, -0.2) is 4.98 Å². The van der Waals surface area contributed by atoms with E-state index in [0.717, 1.165) is 31.2 Å². The summed E-state index contributed by atoms with van der Waals surface area (Å²) in [6.45, 7) is 3.24. The van der Waals surface area contributed by atoms with Crippen molar-refractivity contribution in [1.29, 1.82) is 0 Å². The van der Waals surface area contributed by atoms with Crippen LogP contribution in [0.15, 0.2) is 30.5 Å². The third-order valence-electron chi connectivity index (χ3n) is 4.95. The average molecular weight is 370 g/mol. The van der Waals surface area contributed by atoms with E-state index in [9.17, 15) is 10.1 Å². The zero-order valence-corrected chi connectivity index (χ0v) is 15.5. The van der Waals surface area contributed by atoms with Crippen LogP contribution in [-0.2, 0) is 6.54 Å². The number of hydrogen-bond acceptors (Lipinski definition) is 7. The average Bonchev–Trinajstić information content (AvgIpc) is 2.66. The molecular formula is C19H26N6O2. The molecular weight excluding hydrogens is 344 g/mol. The fraction of sp³-hybridized carbons (Fsp3) is 0.474. The van der Waals surface area contributed by atoms with Crippen LogP contribution in [0.2, 0.25) is 0 Å². The lowest BCUT2D eigenvalue weighted by Gasteiger charge is -2.26. The molecule has 8 heteroatoms. The number of rotatable bonds is 7. The van der Waals surface area contributed by atoms with E-state index in [1.807, 2.05) is 25.1 Å². The molecule has 144 valence electrons. The summed E-state index contributed by atoms with van der Waals surface area (Å²) in [5, 5.41) is 17.6. The van der Waals surface area contributed by atoms with E-state index in [1.165, 1.54) is 11.8 Å². The summed E-state index contributed by atoms with van der Waals surface area (Å²) in [6.07, 6.45) is 5.32. The van der Waals surface area contributed by atoms with Gasteiger partial charge >= 0.3 is 5.69 Å². The molecule has 0 bridgehead atoms. The predicted octanol–water partition coefficient (Wildman–Crippen LogP) is 3.23. The zero-order valence-electron chi connectivity index (χ0n) is 15.5. The molecule has 0 amide bonds. The van der Waals surface area contributed by atoms with Crippen molar-refractivity contribution in [3.05, 3.63) is 51.7 Å². The molecule has 27 heavy (non-hydrogen) atoms. The quantitative estimate of drug-likeness (QED) is 0.505. The molecule has 1 heterocycles. The third-order valence-corrected chi connectivity index (χ3v) is 4.95. The molecule has 1 aromatic heterocycles. The highest BCUT2D eigenvalue weighted by atomic mass is 16.6. The third kappa shape index (κ3) is 5.37. The normalized spacial score (nSPS) is 19.5. The lowest BCUT2D eigenvalue weighted by molar-refractivity contribution is -0.384. The highest BCUT2D eigenvalue weighted by Crippen LogP contribution is 2.26. The maximum atomic E-state index is 11.3. The minimum absolute atomic E-state index is 0.108. The Morgan fingerprint density at radius 2 is 2.04 bits per heavy atom. The Morgan fingerprint density at radius 1 is 1.26 bits per heavy atom. The van der Waals surface area contributed by atoms with Gasteiger partial charge in [-0.1, -0.05) is 29.8 Å². The SMILES string of the molecule is Cc1cccc(CNc2ncc([N+](=O)[O-])c(NC[C@H]3CC[C@H](N)CC3)n2)c1. The van der Waals surface area contributed by atoms with Gasteiger partial charge in [-0.05, 0) is 44.1 Å². The van der Waals surface area contributed by atoms with E-state index in [0.29, 0.717) is 25.0 Å². The predicted molar refractivity (Wildman–Crippen MR) is 106 cm³/mol. The Bertz CT molecular complexity index is 790. The van der Waals surface area contributed by atoms with Crippen LogP contribution in [0.3, 0.4) is 0 Å². The summed E-state index contributed by atoms with van der Waals surface area (Å²) in [7, 11) is 0. The van der Waals surface area contributed by atoms with E-state index in [-0.39, 0.29) is 17.5 Å². The second-order valence-electron chi connectivity index (χ2n) is 7.19. The van der Waals surface area contributed by atoms with Crippen molar-refractivity contribution in [2.24, 2.45) is 11.7 Å². The largest absolute Gasteiger partial charge is 0.364 e. The molecule has 0 atom stereocenters. The van der Waals surface area contributed by atoms with Crippen molar-refractivity contribution in [3.8, 4) is 0 Å². The topological polar surface area (TPSA) is 119 Å². The highest BCUT2D eigenvalue weighted by molar-refractivity contribution is 5.57. The van der Waals surface area contributed by atoms with E-state index < -0.39 is 4.92 Å². The summed E-state index contributed by atoms with van der Waals surface area (Å²) < 4.78 is 0. The van der Waals surface area contributed by atoms with Crippen molar-refractivity contribution in [3.63, 3.8) is 0 Å². The maximum absolute atomic E-state index is 11.3. The first-order valence-corrected chi connectivity index (χ1v) is 9.31. The summed E-state index contributed by atoms with van der Waals surface area (Å²) in [5.41, 5.74) is 8.11. The van der Waals surface area contributed by atoms with Crippen molar-refractivity contribution >= 4 is 17.5 Å². The van der Waals surface area contributed by atoms with Gasteiger partial charge in [-0.3, -0.25) is 10.1 Å². The van der Waals surface area contributed by atoms with E-state index in [1.54, 1.807) is 0 Å². The smallest absolute Gasteiger partial charge is 0.329 e. The Labute approximate surface area is 158 Å². The Hall–Kier alpha value is -2.74. The van der Waals surface area contributed by atoms with Gasteiger partial charge in [0.05, 0.1) is 4.92 Å². The summed E-state index contributed by atoms with van der Waals surface area (Å²) in [6, 6.07) is 8.40. The van der Waals surface area contributed by atoms with Crippen LogP contribution >= 0.6 is 0 Å². The molecule has 8 nitrogen and oxygen atoms in total. The van der Waals surface area contributed by atoms with Crippen LogP contribution in [0, 0.1) is 23.0 Å². The second-order valence-corrected chi connectivity index (χ2v) is 7.19. The van der Waals surface area contributed by atoms with Crippen molar-refractivity contribution in [1.82, 2.24) is 9.97 Å². The molecule has 0 saturated heterocycles. The van der Waals surface area contributed by atoms with Gasteiger partial charge in [0.15, 0.2) is 0 Å². The summed E-state index contributed by atoms with van der Waals surface area (Å²) in [5.74, 6) is 1.09. The van der Waals surface area contributed by atoms with Crippen molar-refractivity contribution in [2.45, 2.75) is 45.2 Å². The number of nitrogens with zero attached hydrogens (tertiary/aromatic N) is 3. The molecule has 0 unspecified atom stereocenters. The number of nitrogens with two attached hydrogens (primary N) is 1. The first kappa shape index (κ1) is 19.0. The fourth-order valence-electron chi connectivity index (χ4n) is 3.36. The minimum atomic E-state index is -0.455. The molecule has 3 rings (SSSR count). The first-order chi connectivity index (χ1) is 13.0. The van der Waals surface area contributed by atoms with Crippen LogP contribution in [0.25, 0.3) is 0 Å². The van der Waals surface area contributed by atoms with Crippen molar-refractivity contribution < 1.29 is 4.92 Å². The van der Waals surface area contributed by atoms with E-state index >= 15 is 0 Å². The van der Waals surface area contributed by atoms with Gasteiger partial charge in [0.2, 0.25) is 11.8 Å². The zero-order chi connectivity index (χ0) is 19.2. The van der Waals surface area contributed by atoms with Gasteiger partial charge in [0.25, 0.3) is 0 Å². The number of aromatic nitrogens is 2. The molecule has 0 spiro atoms. The summed E-state index contributed by atoms with van der Waals surface area (Å²) in [4.78, 5) is 19.3. The maximum Gasteiger partial charge on any atom is 0.329 e. The number of aryl methyl sites for hydroxylation is 1. The van der Waals surface area contributed by atoms with Crippen molar-refractivity contribution in [2.75, 3.05) is 17.2 Å². The summed E-state index contributed by atoms with van der Waals surface area (Å²) >= 11 is 0. The number of nitrogens with one attached hydrogen (secondary N) is 2. The number of hydrogen-bond donors (Lipinski definition) is 3. The molecule has 1 aliphatic carbocycles. The molecule has 1 aromatic carbocycles. The monoisotopic (exact) mass is 370 g/mol. The lowest BCUT2D eigenvalue weighted by atomic mass is 9.86. The van der Waals surface area contributed by atoms with Crippen LogP contribution in [0.5, 0.6) is 0 Å². The number of anilines is 2. The van der Waals surface area contributed by atoms with Crippen LogP contribution in [0.4, 0.5) is 17.5 Å². The Balaban J connectivity index is 1.65. The Kier molecular flexibility index (Phi) is 6.18. The van der Waals surface area contributed by atoms with Gasteiger partial charge in [-0.15, -0.1) is 0 Å². The number of nitro groups is 1. The van der Waals surface area contributed by atoms with Gasteiger partial charge < -0.3 is 16.4 Å².